The van der Waals surface area contributed by atoms with Crippen LogP contribution < -0.4 is 4.74 Å². The highest BCUT2D eigenvalue weighted by atomic mass is 16.5. The molecule has 0 saturated carbocycles. The molecule has 0 N–H and O–H groups in total. The summed E-state index contributed by atoms with van der Waals surface area (Å²) in [4.78, 5) is 4.69. The van der Waals surface area contributed by atoms with Crippen LogP contribution in [0.3, 0.4) is 0 Å². The molecule has 0 aliphatic heterocycles. The van der Waals surface area contributed by atoms with Crippen LogP contribution in [0, 0.1) is 0 Å². The number of rotatable bonds is 2. The van der Waals surface area contributed by atoms with Crippen LogP contribution in [0.1, 0.15) is 0 Å². The van der Waals surface area contributed by atoms with Gasteiger partial charge in [0.05, 0.1) is 7.11 Å². The van der Waals surface area contributed by atoms with Crippen LogP contribution in [0.25, 0.3) is 28.1 Å². The normalized spacial score (nSPS) is 11.1. The lowest BCUT2D eigenvalue weighted by atomic mass is 10.2. The number of ether oxygens (including phenoxy) is 1. The van der Waals surface area contributed by atoms with Gasteiger partial charge in [-0.1, -0.05) is 24.3 Å². The lowest BCUT2D eigenvalue weighted by Crippen LogP contribution is -1.93. The first-order valence-electron chi connectivity index (χ1n) is 6.61. The number of fused-ring (bicyclic) bond motifs is 2. The molecule has 0 amide bonds. The van der Waals surface area contributed by atoms with Crippen LogP contribution >= 0.6 is 0 Å². The van der Waals surface area contributed by atoms with E-state index in [2.05, 4.69) is 10.2 Å². The SMILES string of the molecule is COc1cccc2ccc(-c3nnc4ccccn34)nc12. The highest BCUT2D eigenvalue weighted by molar-refractivity contribution is 5.86. The fourth-order valence-electron chi connectivity index (χ4n) is 2.43. The van der Waals surface area contributed by atoms with E-state index in [4.69, 9.17) is 9.72 Å². The van der Waals surface area contributed by atoms with E-state index in [1.165, 1.54) is 0 Å². The largest absolute Gasteiger partial charge is 0.494 e. The summed E-state index contributed by atoms with van der Waals surface area (Å²) in [5.41, 5.74) is 2.39. The standard InChI is InChI=1S/C16H12N4O/c1-21-13-6-4-5-11-8-9-12(17-15(11)13)16-19-18-14-7-2-3-10-20(14)16/h2-10H,1H3. The van der Waals surface area contributed by atoms with E-state index < -0.39 is 0 Å². The van der Waals surface area contributed by atoms with Crippen molar-refractivity contribution >= 4 is 16.6 Å². The van der Waals surface area contributed by atoms with Gasteiger partial charge >= 0.3 is 0 Å². The van der Waals surface area contributed by atoms with E-state index >= 15 is 0 Å². The molecule has 0 atom stereocenters. The summed E-state index contributed by atoms with van der Waals surface area (Å²) in [6.07, 6.45) is 1.93. The van der Waals surface area contributed by atoms with E-state index in [0.29, 0.717) is 0 Å². The molecule has 0 aliphatic carbocycles. The van der Waals surface area contributed by atoms with Gasteiger partial charge in [-0.3, -0.25) is 4.40 Å². The van der Waals surface area contributed by atoms with Gasteiger partial charge in [0.15, 0.2) is 11.5 Å². The lowest BCUT2D eigenvalue weighted by molar-refractivity contribution is 0.419. The van der Waals surface area contributed by atoms with Crippen molar-refractivity contribution in [2.24, 2.45) is 0 Å². The number of para-hydroxylation sites is 1. The molecule has 0 fully saturated rings. The van der Waals surface area contributed by atoms with Gasteiger partial charge in [-0.2, -0.15) is 0 Å². The predicted octanol–water partition coefficient (Wildman–Crippen LogP) is 2.95. The molecular formula is C16H12N4O. The van der Waals surface area contributed by atoms with E-state index in [9.17, 15) is 0 Å². The van der Waals surface area contributed by atoms with Gasteiger partial charge in [0.25, 0.3) is 0 Å². The Bertz CT molecular complexity index is 945. The minimum Gasteiger partial charge on any atom is -0.494 e. The van der Waals surface area contributed by atoms with Crippen LogP contribution in [0.2, 0.25) is 0 Å². The molecule has 3 aromatic heterocycles. The van der Waals surface area contributed by atoms with E-state index in [1.807, 2.05) is 59.1 Å². The Labute approximate surface area is 120 Å². The molecule has 3 heterocycles. The number of pyridine rings is 2. The summed E-state index contributed by atoms with van der Waals surface area (Å²) in [5.74, 6) is 1.47. The Morgan fingerprint density at radius 3 is 2.81 bits per heavy atom. The average Bonchev–Trinajstić information content (AvgIpc) is 2.98. The maximum atomic E-state index is 5.38. The Morgan fingerprint density at radius 1 is 0.952 bits per heavy atom. The third-order valence-electron chi connectivity index (χ3n) is 3.45. The van der Waals surface area contributed by atoms with Crippen molar-refractivity contribution in [1.29, 1.82) is 0 Å². The fourth-order valence-corrected chi connectivity index (χ4v) is 2.43. The maximum absolute atomic E-state index is 5.38. The second-order valence-electron chi connectivity index (χ2n) is 4.68. The van der Waals surface area contributed by atoms with Crippen molar-refractivity contribution in [3.05, 3.63) is 54.7 Å². The van der Waals surface area contributed by atoms with Crippen LogP contribution in [0.4, 0.5) is 0 Å². The van der Waals surface area contributed by atoms with Crippen molar-refractivity contribution in [2.75, 3.05) is 7.11 Å². The number of hydrogen-bond donors (Lipinski definition) is 0. The molecule has 102 valence electrons. The molecule has 4 aromatic rings. The summed E-state index contributed by atoms with van der Waals surface area (Å²) >= 11 is 0. The number of benzene rings is 1. The van der Waals surface area contributed by atoms with Gasteiger partial charge < -0.3 is 4.74 Å². The van der Waals surface area contributed by atoms with Crippen molar-refractivity contribution in [3.8, 4) is 17.3 Å². The smallest absolute Gasteiger partial charge is 0.187 e. The quantitative estimate of drug-likeness (QED) is 0.565. The van der Waals surface area contributed by atoms with Crippen molar-refractivity contribution in [3.63, 3.8) is 0 Å². The van der Waals surface area contributed by atoms with E-state index in [-0.39, 0.29) is 0 Å². The molecule has 0 unspecified atom stereocenters. The molecule has 5 heteroatoms. The first-order valence-corrected chi connectivity index (χ1v) is 6.61. The summed E-state index contributed by atoms with van der Waals surface area (Å²) in [7, 11) is 1.65. The zero-order valence-corrected chi connectivity index (χ0v) is 11.4. The minimum atomic E-state index is 0.721. The second-order valence-corrected chi connectivity index (χ2v) is 4.68. The third kappa shape index (κ3) is 1.82. The highest BCUT2D eigenvalue weighted by Gasteiger charge is 2.11. The molecule has 0 bridgehead atoms. The number of aromatic nitrogens is 4. The summed E-state index contributed by atoms with van der Waals surface area (Å²) in [6, 6.07) is 15.6. The predicted molar refractivity (Wildman–Crippen MR) is 80.3 cm³/mol. The molecule has 1 aromatic carbocycles. The molecule has 0 saturated heterocycles. The van der Waals surface area contributed by atoms with Crippen LogP contribution in [0.5, 0.6) is 5.75 Å². The van der Waals surface area contributed by atoms with Gasteiger partial charge in [-0.05, 0) is 24.3 Å². The summed E-state index contributed by atoms with van der Waals surface area (Å²) < 4.78 is 7.30. The monoisotopic (exact) mass is 276 g/mol. The number of methoxy groups -OCH3 is 1. The first kappa shape index (κ1) is 11.8. The molecule has 5 nitrogen and oxygen atoms in total. The highest BCUT2D eigenvalue weighted by Crippen LogP contribution is 2.26. The van der Waals surface area contributed by atoms with Crippen LogP contribution in [0.15, 0.2) is 54.7 Å². The number of hydrogen-bond acceptors (Lipinski definition) is 4. The zero-order chi connectivity index (χ0) is 14.2. The Balaban J connectivity index is 1.98. The average molecular weight is 276 g/mol. The van der Waals surface area contributed by atoms with E-state index in [1.54, 1.807) is 7.11 Å². The van der Waals surface area contributed by atoms with Gasteiger partial charge in [0.1, 0.15) is 17.0 Å². The van der Waals surface area contributed by atoms with Gasteiger partial charge in [0.2, 0.25) is 0 Å². The fraction of sp³-hybridized carbons (Fsp3) is 0.0625. The van der Waals surface area contributed by atoms with Gasteiger partial charge in [-0.25, -0.2) is 4.98 Å². The minimum absolute atomic E-state index is 0.721. The van der Waals surface area contributed by atoms with E-state index in [0.717, 1.165) is 33.8 Å². The van der Waals surface area contributed by atoms with Gasteiger partial charge in [0, 0.05) is 11.6 Å². The molecule has 0 spiro atoms. The third-order valence-corrected chi connectivity index (χ3v) is 3.45. The second kappa shape index (κ2) is 4.56. The molecule has 0 aliphatic rings. The van der Waals surface area contributed by atoms with Crippen molar-refractivity contribution in [1.82, 2.24) is 19.6 Å². The van der Waals surface area contributed by atoms with Crippen molar-refractivity contribution in [2.45, 2.75) is 0 Å². The Kier molecular flexibility index (Phi) is 2.57. The zero-order valence-electron chi connectivity index (χ0n) is 11.4. The topological polar surface area (TPSA) is 52.3 Å². The van der Waals surface area contributed by atoms with Crippen LogP contribution in [-0.2, 0) is 0 Å². The summed E-state index contributed by atoms with van der Waals surface area (Å²) in [6.45, 7) is 0. The molecular weight excluding hydrogens is 264 g/mol. The first-order chi connectivity index (χ1) is 10.4. The Hall–Kier alpha value is -2.95. The molecule has 21 heavy (non-hydrogen) atoms. The number of nitrogens with zero attached hydrogens (tertiary/aromatic N) is 4. The Morgan fingerprint density at radius 2 is 1.90 bits per heavy atom. The molecule has 0 radical (unpaired) electrons. The van der Waals surface area contributed by atoms with Gasteiger partial charge in [-0.15, -0.1) is 10.2 Å². The van der Waals surface area contributed by atoms with Crippen LogP contribution in [-0.4, -0.2) is 26.7 Å². The summed E-state index contributed by atoms with van der Waals surface area (Å²) in [5, 5.41) is 9.43. The molecule has 4 rings (SSSR count). The maximum Gasteiger partial charge on any atom is 0.187 e. The lowest BCUT2D eigenvalue weighted by Gasteiger charge is -2.06. The van der Waals surface area contributed by atoms with Crippen molar-refractivity contribution < 1.29 is 4.74 Å².